The van der Waals surface area contributed by atoms with Crippen molar-refractivity contribution in [1.82, 2.24) is 5.32 Å². The van der Waals surface area contributed by atoms with Crippen LogP contribution in [0.25, 0.3) is 0 Å². The fraction of sp³-hybridized carbons (Fsp3) is 0.833. The predicted octanol–water partition coefficient (Wildman–Crippen LogP) is 2.37. The quantitative estimate of drug-likeness (QED) is 0.760. The second kappa shape index (κ2) is 7.25. The molecular formula is C12H23NO3. The van der Waals surface area contributed by atoms with Crippen LogP contribution < -0.4 is 5.32 Å². The lowest BCUT2D eigenvalue weighted by Crippen LogP contribution is -2.47. The van der Waals surface area contributed by atoms with Crippen LogP contribution >= 0.6 is 0 Å². The highest BCUT2D eigenvalue weighted by Crippen LogP contribution is 2.15. The molecule has 4 heteroatoms. The van der Waals surface area contributed by atoms with Gasteiger partial charge >= 0.3 is 6.09 Å². The monoisotopic (exact) mass is 229 g/mol. The molecule has 0 saturated heterocycles. The van der Waals surface area contributed by atoms with Crippen molar-refractivity contribution < 1.29 is 14.3 Å². The van der Waals surface area contributed by atoms with E-state index >= 15 is 0 Å². The molecule has 4 nitrogen and oxygen atoms in total. The number of alkyl carbamates (subject to hydrolysis) is 1. The number of carbonyl (C=O) groups excluding carboxylic acids is 2. The van der Waals surface area contributed by atoms with Crippen LogP contribution in [-0.2, 0) is 9.53 Å². The lowest BCUT2D eigenvalue weighted by molar-refractivity contribution is -0.125. The van der Waals surface area contributed by atoms with Crippen LogP contribution in [0, 0.1) is 11.8 Å². The number of amides is 1. The smallest absolute Gasteiger partial charge is 0.407 e. The zero-order chi connectivity index (χ0) is 12.7. The van der Waals surface area contributed by atoms with Gasteiger partial charge in [0.1, 0.15) is 0 Å². The summed E-state index contributed by atoms with van der Waals surface area (Å²) in [4.78, 5) is 23.2. The molecule has 16 heavy (non-hydrogen) atoms. The first-order valence-electron chi connectivity index (χ1n) is 5.86. The van der Waals surface area contributed by atoms with Gasteiger partial charge in [0.25, 0.3) is 0 Å². The molecular weight excluding hydrogens is 206 g/mol. The normalized spacial score (nSPS) is 16.1. The van der Waals surface area contributed by atoms with E-state index in [0.717, 1.165) is 12.8 Å². The van der Waals surface area contributed by atoms with Crippen molar-refractivity contribution in [3.8, 4) is 0 Å². The van der Waals surface area contributed by atoms with Crippen molar-refractivity contribution in [1.29, 1.82) is 0 Å². The second-order valence-electron chi connectivity index (χ2n) is 4.21. The van der Waals surface area contributed by atoms with Crippen molar-refractivity contribution in [2.24, 2.45) is 11.8 Å². The average Bonchev–Trinajstić information content (AvgIpc) is 2.32. The van der Waals surface area contributed by atoms with E-state index in [1.165, 1.54) is 7.11 Å². The Balaban J connectivity index is 4.66. The number of ether oxygens (including phenoxy) is 1. The first-order valence-corrected chi connectivity index (χ1v) is 5.86. The van der Waals surface area contributed by atoms with Gasteiger partial charge in [0.2, 0.25) is 0 Å². The minimum absolute atomic E-state index is 0.0313. The zero-order valence-electron chi connectivity index (χ0n) is 10.9. The molecule has 3 atom stereocenters. The van der Waals surface area contributed by atoms with E-state index in [2.05, 4.69) is 10.1 Å². The fourth-order valence-corrected chi connectivity index (χ4v) is 1.42. The first-order chi connectivity index (χ1) is 7.47. The van der Waals surface area contributed by atoms with Gasteiger partial charge < -0.3 is 10.1 Å². The first kappa shape index (κ1) is 14.9. The van der Waals surface area contributed by atoms with Crippen LogP contribution in [0.2, 0.25) is 0 Å². The third-order valence-corrected chi connectivity index (χ3v) is 3.08. The van der Waals surface area contributed by atoms with E-state index < -0.39 is 12.1 Å². The molecule has 0 radical (unpaired) electrons. The number of carbonyl (C=O) groups is 2. The molecule has 1 amide bonds. The van der Waals surface area contributed by atoms with Crippen molar-refractivity contribution in [3.05, 3.63) is 0 Å². The molecule has 3 unspecified atom stereocenters. The van der Waals surface area contributed by atoms with E-state index in [1.54, 1.807) is 0 Å². The Morgan fingerprint density at radius 1 is 1.19 bits per heavy atom. The van der Waals surface area contributed by atoms with Gasteiger partial charge in [0.15, 0.2) is 5.78 Å². The Hall–Kier alpha value is -1.06. The summed E-state index contributed by atoms with van der Waals surface area (Å²) in [7, 11) is 1.30. The average molecular weight is 229 g/mol. The molecule has 0 heterocycles. The van der Waals surface area contributed by atoms with Gasteiger partial charge in [-0.15, -0.1) is 0 Å². The van der Waals surface area contributed by atoms with E-state index in [9.17, 15) is 9.59 Å². The number of nitrogens with one attached hydrogen (secondary N) is 1. The summed E-state index contributed by atoms with van der Waals surface area (Å²) in [6, 6.07) is -0.438. The zero-order valence-corrected chi connectivity index (χ0v) is 10.9. The molecule has 0 aromatic heterocycles. The van der Waals surface area contributed by atoms with E-state index in [0.29, 0.717) is 0 Å². The number of methoxy groups -OCH3 is 1. The van der Waals surface area contributed by atoms with Gasteiger partial charge in [-0.3, -0.25) is 4.79 Å². The van der Waals surface area contributed by atoms with Crippen molar-refractivity contribution >= 4 is 11.9 Å². The standard InChI is InChI=1S/C12H23NO3/c1-6-8(3)10(13-12(15)16-5)11(14)9(4)7-2/h8-10H,6-7H2,1-5H3,(H,13,15). The second-order valence-corrected chi connectivity index (χ2v) is 4.21. The van der Waals surface area contributed by atoms with Crippen LogP contribution in [0.1, 0.15) is 40.5 Å². The van der Waals surface area contributed by atoms with E-state index in [1.807, 2.05) is 27.7 Å². The molecule has 0 aliphatic rings. The summed E-state index contributed by atoms with van der Waals surface area (Å²) in [5.74, 6) is 0.180. The van der Waals surface area contributed by atoms with Crippen LogP contribution in [-0.4, -0.2) is 25.0 Å². The van der Waals surface area contributed by atoms with Gasteiger partial charge in [-0.05, 0) is 12.3 Å². The molecule has 94 valence electrons. The lowest BCUT2D eigenvalue weighted by Gasteiger charge is -2.24. The van der Waals surface area contributed by atoms with Gasteiger partial charge in [-0.25, -0.2) is 4.79 Å². The van der Waals surface area contributed by atoms with Crippen LogP contribution in [0.3, 0.4) is 0 Å². The van der Waals surface area contributed by atoms with E-state index in [-0.39, 0.29) is 17.6 Å². The van der Waals surface area contributed by atoms with Crippen LogP contribution in [0.4, 0.5) is 4.79 Å². The van der Waals surface area contributed by atoms with Crippen molar-refractivity contribution in [2.45, 2.75) is 46.6 Å². The van der Waals surface area contributed by atoms with Gasteiger partial charge in [-0.1, -0.05) is 34.1 Å². The van der Waals surface area contributed by atoms with Crippen molar-refractivity contribution in [2.75, 3.05) is 7.11 Å². The molecule has 0 aliphatic carbocycles. The molecule has 0 spiro atoms. The SMILES string of the molecule is CCC(C)C(=O)C(NC(=O)OC)C(C)CC. The number of hydrogen-bond acceptors (Lipinski definition) is 3. The highest BCUT2D eigenvalue weighted by Gasteiger charge is 2.28. The van der Waals surface area contributed by atoms with Gasteiger partial charge in [0.05, 0.1) is 13.2 Å². The van der Waals surface area contributed by atoms with Crippen molar-refractivity contribution in [3.63, 3.8) is 0 Å². The highest BCUT2D eigenvalue weighted by atomic mass is 16.5. The Labute approximate surface area is 97.7 Å². The Morgan fingerprint density at radius 3 is 2.12 bits per heavy atom. The number of ketones is 1. The lowest BCUT2D eigenvalue weighted by atomic mass is 9.88. The van der Waals surface area contributed by atoms with Crippen LogP contribution in [0.15, 0.2) is 0 Å². The maximum Gasteiger partial charge on any atom is 0.407 e. The third-order valence-electron chi connectivity index (χ3n) is 3.08. The molecule has 0 rings (SSSR count). The fourth-order valence-electron chi connectivity index (χ4n) is 1.42. The maximum absolute atomic E-state index is 12.1. The van der Waals surface area contributed by atoms with Gasteiger partial charge in [0, 0.05) is 5.92 Å². The van der Waals surface area contributed by atoms with Gasteiger partial charge in [-0.2, -0.15) is 0 Å². The summed E-state index contributed by atoms with van der Waals surface area (Å²) in [5, 5.41) is 2.62. The summed E-state index contributed by atoms with van der Waals surface area (Å²) >= 11 is 0. The molecule has 0 aromatic rings. The predicted molar refractivity (Wildman–Crippen MR) is 63.2 cm³/mol. The molecule has 0 saturated carbocycles. The Kier molecular flexibility index (Phi) is 6.77. The highest BCUT2D eigenvalue weighted by molar-refractivity contribution is 5.89. The molecule has 0 fully saturated rings. The minimum atomic E-state index is -0.540. The Morgan fingerprint density at radius 2 is 1.75 bits per heavy atom. The third kappa shape index (κ3) is 4.21. The molecule has 1 N–H and O–H groups in total. The Bertz CT molecular complexity index is 240. The number of hydrogen-bond donors (Lipinski definition) is 1. The maximum atomic E-state index is 12.1. The molecule has 0 aliphatic heterocycles. The summed E-state index contributed by atoms with van der Waals surface area (Å²) in [6.45, 7) is 7.81. The topological polar surface area (TPSA) is 55.4 Å². The van der Waals surface area contributed by atoms with Crippen LogP contribution in [0.5, 0.6) is 0 Å². The molecule has 0 bridgehead atoms. The summed E-state index contributed by atoms with van der Waals surface area (Å²) < 4.78 is 4.54. The molecule has 0 aromatic carbocycles. The number of Topliss-reactive ketones (excluding diaryl/α,β-unsaturated/α-hetero) is 1. The summed E-state index contributed by atoms with van der Waals surface area (Å²) in [6.07, 6.45) is 1.09. The van der Waals surface area contributed by atoms with E-state index in [4.69, 9.17) is 0 Å². The largest absolute Gasteiger partial charge is 0.453 e. The number of rotatable bonds is 6. The summed E-state index contributed by atoms with van der Waals surface area (Å²) in [5.41, 5.74) is 0. The minimum Gasteiger partial charge on any atom is -0.453 e.